The zero-order chi connectivity index (χ0) is 18.9. The molecule has 0 amide bonds. The minimum Gasteiger partial charge on any atom is -0.339 e. The van der Waals surface area contributed by atoms with Gasteiger partial charge in [0.1, 0.15) is 0 Å². The highest BCUT2D eigenvalue weighted by Crippen LogP contribution is 2.28. The van der Waals surface area contributed by atoms with Gasteiger partial charge in [-0.1, -0.05) is 23.4 Å². The van der Waals surface area contributed by atoms with Crippen LogP contribution < -0.4 is 0 Å². The lowest BCUT2D eigenvalue weighted by Gasteiger charge is -2.22. The Balaban J connectivity index is 1.44. The van der Waals surface area contributed by atoms with Crippen LogP contribution >= 0.6 is 0 Å². The third-order valence-corrected chi connectivity index (χ3v) is 6.60. The van der Waals surface area contributed by atoms with Gasteiger partial charge in [0.25, 0.3) is 15.9 Å². The van der Waals surface area contributed by atoms with Crippen molar-refractivity contribution < 1.29 is 12.9 Å². The number of hydrogen-bond acceptors (Lipinski definition) is 6. The highest BCUT2D eigenvalue weighted by Gasteiger charge is 2.36. The molecule has 9 heteroatoms. The molecule has 3 aromatic rings. The van der Waals surface area contributed by atoms with E-state index in [-0.39, 0.29) is 11.1 Å². The topological polar surface area (TPSA) is 94.1 Å². The highest BCUT2D eigenvalue weighted by atomic mass is 32.2. The van der Waals surface area contributed by atoms with Crippen molar-refractivity contribution in [1.29, 1.82) is 0 Å². The molecule has 0 saturated carbocycles. The van der Waals surface area contributed by atoms with Crippen molar-refractivity contribution in [3.8, 4) is 11.5 Å². The lowest BCUT2D eigenvalue weighted by Crippen LogP contribution is -2.36. The van der Waals surface area contributed by atoms with Gasteiger partial charge in [-0.2, -0.15) is 9.29 Å². The van der Waals surface area contributed by atoms with Crippen LogP contribution in [0.25, 0.3) is 11.5 Å². The van der Waals surface area contributed by atoms with Crippen LogP contribution in [0.15, 0.2) is 52.4 Å². The maximum Gasteiger partial charge on any atom is 0.262 e. The second kappa shape index (κ2) is 7.24. The van der Waals surface area contributed by atoms with E-state index >= 15 is 0 Å². The molecule has 0 N–H and O–H groups in total. The lowest BCUT2D eigenvalue weighted by atomic mass is 10.1. The molecule has 0 radical (unpaired) electrons. The van der Waals surface area contributed by atoms with Gasteiger partial charge in [0, 0.05) is 37.8 Å². The predicted molar refractivity (Wildman–Crippen MR) is 98.2 cm³/mol. The summed E-state index contributed by atoms with van der Waals surface area (Å²) in [5.74, 6) is 1.07. The van der Waals surface area contributed by atoms with Crippen LogP contribution in [-0.2, 0) is 23.5 Å². The molecule has 1 atom stereocenters. The van der Waals surface area contributed by atoms with Gasteiger partial charge >= 0.3 is 0 Å². The highest BCUT2D eigenvalue weighted by molar-refractivity contribution is 7.89. The Morgan fingerprint density at radius 1 is 1.26 bits per heavy atom. The van der Waals surface area contributed by atoms with Crippen molar-refractivity contribution in [3.05, 3.63) is 48.7 Å². The van der Waals surface area contributed by atoms with Crippen LogP contribution in [0.1, 0.15) is 25.1 Å². The minimum atomic E-state index is -3.57. The van der Waals surface area contributed by atoms with Crippen LogP contribution in [0.2, 0.25) is 0 Å². The van der Waals surface area contributed by atoms with Crippen molar-refractivity contribution >= 4 is 10.0 Å². The molecule has 2 aromatic heterocycles. The number of benzene rings is 1. The molecule has 27 heavy (non-hydrogen) atoms. The Bertz CT molecular complexity index is 1010. The molecule has 142 valence electrons. The molecular formula is C18H21N5O3S. The first-order valence-electron chi connectivity index (χ1n) is 8.92. The number of rotatable bonds is 6. The van der Waals surface area contributed by atoms with E-state index in [1.165, 1.54) is 12.5 Å². The molecule has 0 aliphatic carbocycles. The average Bonchev–Trinajstić information content (AvgIpc) is 3.41. The van der Waals surface area contributed by atoms with Gasteiger partial charge < -0.3 is 9.09 Å². The standard InChI is InChI=1S/C18H21N5O3S/c1-22-12-17(19-13-22)27(24,25)23-11-5-8-15(23)9-10-16-20-18(26-21-16)14-6-3-2-4-7-14/h2-4,6-7,12-13,15H,5,8-11H2,1H3. The summed E-state index contributed by atoms with van der Waals surface area (Å²) in [4.78, 5) is 8.44. The van der Waals surface area contributed by atoms with E-state index in [4.69, 9.17) is 4.52 Å². The van der Waals surface area contributed by atoms with Crippen molar-refractivity contribution in [3.63, 3.8) is 0 Å². The van der Waals surface area contributed by atoms with Gasteiger partial charge in [-0.3, -0.25) is 0 Å². The summed E-state index contributed by atoms with van der Waals surface area (Å²) in [6.45, 7) is 0.519. The fourth-order valence-corrected chi connectivity index (χ4v) is 5.10. The second-order valence-electron chi connectivity index (χ2n) is 6.71. The summed E-state index contributed by atoms with van der Waals surface area (Å²) in [6.07, 6.45) is 5.93. The van der Waals surface area contributed by atoms with Gasteiger partial charge in [-0.15, -0.1) is 0 Å². The van der Waals surface area contributed by atoms with Crippen LogP contribution in [-0.4, -0.2) is 45.0 Å². The smallest absolute Gasteiger partial charge is 0.262 e. The molecule has 0 spiro atoms. The minimum absolute atomic E-state index is 0.0734. The molecular weight excluding hydrogens is 366 g/mol. The van der Waals surface area contributed by atoms with Gasteiger partial charge in [0.15, 0.2) is 10.9 Å². The van der Waals surface area contributed by atoms with E-state index in [9.17, 15) is 8.42 Å². The predicted octanol–water partition coefficient (Wildman–Crippen LogP) is 2.26. The maximum atomic E-state index is 12.9. The van der Waals surface area contributed by atoms with Gasteiger partial charge in [-0.05, 0) is 31.4 Å². The van der Waals surface area contributed by atoms with Crippen LogP contribution in [0.4, 0.5) is 0 Å². The van der Waals surface area contributed by atoms with Crippen molar-refractivity contribution in [2.24, 2.45) is 7.05 Å². The zero-order valence-electron chi connectivity index (χ0n) is 15.0. The van der Waals surface area contributed by atoms with E-state index in [0.29, 0.717) is 31.1 Å². The first-order chi connectivity index (χ1) is 13.0. The third kappa shape index (κ3) is 3.65. The van der Waals surface area contributed by atoms with E-state index in [1.807, 2.05) is 30.3 Å². The number of nitrogens with zero attached hydrogens (tertiary/aromatic N) is 5. The van der Waals surface area contributed by atoms with Gasteiger partial charge in [-0.25, -0.2) is 13.4 Å². The Kier molecular flexibility index (Phi) is 4.79. The first kappa shape index (κ1) is 17.9. The Labute approximate surface area is 157 Å². The molecule has 1 unspecified atom stereocenters. The summed E-state index contributed by atoms with van der Waals surface area (Å²) in [5, 5.41) is 4.13. The van der Waals surface area contributed by atoms with E-state index in [1.54, 1.807) is 15.9 Å². The van der Waals surface area contributed by atoms with E-state index in [2.05, 4.69) is 15.1 Å². The summed E-state index contributed by atoms with van der Waals surface area (Å²) in [5.41, 5.74) is 0.872. The monoisotopic (exact) mass is 387 g/mol. The average molecular weight is 387 g/mol. The number of sulfonamides is 1. The van der Waals surface area contributed by atoms with Crippen LogP contribution in [0.5, 0.6) is 0 Å². The van der Waals surface area contributed by atoms with Crippen molar-refractivity contribution in [2.45, 2.75) is 36.8 Å². The number of hydrogen-bond donors (Lipinski definition) is 0. The summed E-state index contributed by atoms with van der Waals surface area (Å²) in [6, 6.07) is 9.51. The van der Waals surface area contributed by atoms with Crippen molar-refractivity contribution in [2.75, 3.05) is 6.54 Å². The number of imidazole rings is 1. The molecule has 1 aromatic carbocycles. The SMILES string of the molecule is Cn1cnc(S(=O)(=O)N2CCCC2CCc2noc(-c3ccccc3)n2)c1. The van der Waals surface area contributed by atoms with Crippen LogP contribution in [0.3, 0.4) is 0 Å². The fourth-order valence-electron chi connectivity index (χ4n) is 3.41. The lowest BCUT2D eigenvalue weighted by molar-refractivity contribution is 0.363. The maximum absolute atomic E-state index is 12.9. The zero-order valence-corrected chi connectivity index (χ0v) is 15.8. The molecule has 3 heterocycles. The fraction of sp³-hybridized carbons (Fsp3) is 0.389. The van der Waals surface area contributed by atoms with Gasteiger partial charge in [0.2, 0.25) is 0 Å². The second-order valence-corrected chi connectivity index (χ2v) is 8.55. The molecule has 1 fully saturated rings. The van der Waals surface area contributed by atoms with Gasteiger partial charge in [0.05, 0.1) is 6.33 Å². The molecule has 0 bridgehead atoms. The summed E-state index contributed by atoms with van der Waals surface area (Å²) in [7, 11) is -1.81. The normalized spacial score (nSPS) is 18.2. The molecule has 1 saturated heterocycles. The Hall–Kier alpha value is -2.52. The summed E-state index contributed by atoms with van der Waals surface area (Å²) < 4.78 is 34.2. The van der Waals surface area contributed by atoms with E-state index in [0.717, 1.165) is 18.4 Å². The quantitative estimate of drug-likeness (QED) is 0.644. The Morgan fingerprint density at radius 3 is 2.81 bits per heavy atom. The summed E-state index contributed by atoms with van der Waals surface area (Å²) >= 11 is 0. The number of aromatic nitrogens is 4. The molecule has 4 rings (SSSR count). The Morgan fingerprint density at radius 2 is 2.07 bits per heavy atom. The molecule has 8 nitrogen and oxygen atoms in total. The van der Waals surface area contributed by atoms with Crippen molar-refractivity contribution in [1.82, 2.24) is 24.0 Å². The molecule has 1 aliphatic heterocycles. The number of aryl methyl sites for hydroxylation is 2. The third-order valence-electron chi connectivity index (χ3n) is 4.77. The first-order valence-corrected chi connectivity index (χ1v) is 10.4. The molecule has 1 aliphatic rings. The van der Waals surface area contributed by atoms with Crippen LogP contribution in [0, 0.1) is 0 Å². The largest absolute Gasteiger partial charge is 0.339 e. The van der Waals surface area contributed by atoms with E-state index < -0.39 is 10.0 Å².